The average molecular weight is 307 g/mol. The number of aryl methyl sites for hydroxylation is 1. The standard InChI is InChI=1S/C15H21N3O4/c1-15(2,3)22-14(20)16-9-7-6-8-11-10-17-18(4)12(11)13(19)21-5/h10H,7,9H2,1-5H3,(H,16,20). The fraction of sp³-hybridized carbons (Fsp3) is 0.533. The van der Waals surface area contributed by atoms with Crippen LogP contribution < -0.4 is 5.32 Å². The van der Waals surface area contributed by atoms with Crippen molar-refractivity contribution < 1.29 is 19.1 Å². The van der Waals surface area contributed by atoms with Crippen LogP contribution in [0.5, 0.6) is 0 Å². The second-order valence-electron chi connectivity index (χ2n) is 5.50. The first kappa shape index (κ1) is 17.6. The molecule has 0 aliphatic rings. The summed E-state index contributed by atoms with van der Waals surface area (Å²) in [6.45, 7) is 5.74. The molecular weight excluding hydrogens is 286 g/mol. The number of rotatable bonds is 3. The van der Waals surface area contributed by atoms with Gasteiger partial charge in [-0.25, -0.2) is 9.59 Å². The van der Waals surface area contributed by atoms with Crippen LogP contribution in [0.15, 0.2) is 6.20 Å². The van der Waals surface area contributed by atoms with Crippen LogP contribution in [0.25, 0.3) is 0 Å². The van der Waals surface area contributed by atoms with Gasteiger partial charge in [0.15, 0.2) is 5.69 Å². The minimum absolute atomic E-state index is 0.301. The molecule has 1 rings (SSSR count). The molecule has 0 spiro atoms. The van der Waals surface area contributed by atoms with Crippen molar-refractivity contribution in [2.75, 3.05) is 13.7 Å². The molecule has 0 saturated heterocycles. The second-order valence-corrected chi connectivity index (χ2v) is 5.50. The van der Waals surface area contributed by atoms with Gasteiger partial charge in [-0.3, -0.25) is 4.68 Å². The zero-order valence-corrected chi connectivity index (χ0v) is 13.5. The number of hydrogen-bond acceptors (Lipinski definition) is 5. The summed E-state index contributed by atoms with van der Waals surface area (Å²) in [6, 6.07) is 0. The van der Waals surface area contributed by atoms with Crippen LogP contribution in [-0.4, -0.2) is 41.1 Å². The van der Waals surface area contributed by atoms with E-state index in [9.17, 15) is 9.59 Å². The maximum absolute atomic E-state index is 11.6. The summed E-state index contributed by atoms with van der Waals surface area (Å²) in [4.78, 5) is 23.0. The number of nitrogens with zero attached hydrogens (tertiary/aromatic N) is 2. The van der Waals surface area contributed by atoms with Gasteiger partial charge in [0, 0.05) is 20.0 Å². The Balaban J connectivity index is 2.53. The van der Waals surface area contributed by atoms with Crippen LogP contribution in [0, 0.1) is 11.8 Å². The van der Waals surface area contributed by atoms with E-state index in [0.29, 0.717) is 24.2 Å². The van der Waals surface area contributed by atoms with E-state index in [1.165, 1.54) is 18.0 Å². The van der Waals surface area contributed by atoms with E-state index in [1.54, 1.807) is 27.8 Å². The lowest BCUT2D eigenvalue weighted by Crippen LogP contribution is -2.32. The monoisotopic (exact) mass is 307 g/mol. The van der Waals surface area contributed by atoms with Crippen molar-refractivity contribution in [2.24, 2.45) is 7.05 Å². The fourth-order valence-corrected chi connectivity index (χ4v) is 1.57. The van der Waals surface area contributed by atoms with Gasteiger partial charge in [-0.1, -0.05) is 11.8 Å². The lowest BCUT2D eigenvalue weighted by Gasteiger charge is -2.19. The van der Waals surface area contributed by atoms with E-state index in [4.69, 9.17) is 4.74 Å². The SMILES string of the molecule is COC(=O)c1c(C#CCCNC(=O)OC(C)(C)C)cnn1C. The third kappa shape index (κ3) is 5.48. The molecule has 1 N–H and O–H groups in total. The van der Waals surface area contributed by atoms with Gasteiger partial charge < -0.3 is 14.8 Å². The molecule has 0 unspecified atom stereocenters. The highest BCUT2D eigenvalue weighted by atomic mass is 16.6. The third-order valence-corrected chi connectivity index (χ3v) is 2.46. The summed E-state index contributed by atoms with van der Waals surface area (Å²) in [5.74, 6) is 5.23. The Labute approximate surface area is 130 Å². The minimum atomic E-state index is -0.527. The fourth-order valence-electron chi connectivity index (χ4n) is 1.57. The molecule has 7 nitrogen and oxygen atoms in total. The summed E-state index contributed by atoms with van der Waals surface area (Å²) in [6.07, 6.45) is 1.45. The number of alkyl carbamates (subject to hydrolysis) is 1. The second kappa shape index (κ2) is 7.50. The molecule has 0 aliphatic heterocycles. The van der Waals surface area contributed by atoms with Crippen LogP contribution in [0.1, 0.15) is 43.2 Å². The van der Waals surface area contributed by atoms with Crippen LogP contribution in [0.3, 0.4) is 0 Å². The van der Waals surface area contributed by atoms with Gasteiger partial charge in [0.1, 0.15) is 5.60 Å². The molecular formula is C15H21N3O4. The topological polar surface area (TPSA) is 82.4 Å². The van der Waals surface area contributed by atoms with Gasteiger partial charge in [-0.15, -0.1) is 0 Å². The molecule has 0 fully saturated rings. The lowest BCUT2D eigenvalue weighted by atomic mass is 10.2. The van der Waals surface area contributed by atoms with Crippen LogP contribution in [-0.2, 0) is 16.5 Å². The predicted molar refractivity (Wildman–Crippen MR) is 80.3 cm³/mol. The Hall–Kier alpha value is -2.49. The Morgan fingerprint density at radius 1 is 1.41 bits per heavy atom. The van der Waals surface area contributed by atoms with Crippen molar-refractivity contribution >= 4 is 12.1 Å². The average Bonchev–Trinajstić information content (AvgIpc) is 2.76. The Kier molecular flexibility index (Phi) is 5.99. The highest BCUT2D eigenvalue weighted by Crippen LogP contribution is 2.07. The summed E-state index contributed by atoms with van der Waals surface area (Å²) >= 11 is 0. The number of aromatic nitrogens is 2. The highest BCUT2D eigenvalue weighted by Gasteiger charge is 2.16. The van der Waals surface area contributed by atoms with Gasteiger partial charge >= 0.3 is 12.1 Å². The Morgan fingerprint density at radius 3 is 2.68 bits per heavy atom. The number of methoxy groups -OCH3 is 1. The van der Waals surface area contributed by atoms with Crippen LogP contribution >= 0.6 is 0 Å². The first-order valence-corrected chi connectivity index (χ1v) is 6.80. The molecule has 0 bridgehead atoms. The van der Waals surface area contributed by atoms with Crippen molar-refractivity contribution in [3.05, 3.63) is 17.5 Å². The van der Waals surface area contributed by atoms with Gasteiger partial charge in [0.2, 0.25) is 0 Å². The summed E-state index contributed by atoms with van der Waals surface area (Å²) in [7, 11) is 2.94. The third-order valence-electron chi connectivity index (χ3n) is 2.46. The van der Waals surface area contributed by atoms with E-state index in [1.807, 2.05) is 0 Å². The zero-order chi connectivity index (χ0) is 16.8. The maximum Gasteiger partial charge on any atom is 0.407 e. The van der Waals surface area contributed by atoms with Gasteiger partial charge in [-0.05, 0) is 20.8 Å². The first-order chi connectivity index (χ1) is 10.2. The van der Waals surface area contributed by atoms with E-state index in [-0.39, 0.29) is 0 Å². The molecule has 0 saturated carbocycles. The van der Waals surface area contributed by atoms with E-state index in [2.05, 4.69) is 27.0 Å². The van der Waals surface area contributed by atoms with Crippen molar-refractivity contribution in [3.8, 4) is 11.8 Å². The molecule has 0 aromatic carbocycles. The number of ether oxygens (including phenoxy) is 2. The molecule has 0 aliphatic carbocycles. The minimum Gasteiger partial charge on any atom is -0.464 e. The summed E-state index contributed by atoms with van der Waals surface area (Å²) in [5.41, 5.74) is 0.266. The molecule has 22 heavy (non-hydrogen) atoms. The largest absolute Gasteiger partial charge is 0.464 e. The van der Waals surface area contributed by atoms with Crippen molar-refractivity contribution in [3.63, 3.8) is 0 Å². The molecule has 1 heterocycles. The Bertz CT molecular complexity index is 603. The van der Waals surface area contributed by atoms with Gasteiger partial charge in [-0.2, -0.15) is 5.10 Å². The van der Waals surface area contributed by atoms with Crippen molar-refractivity contribution in [2.45, 2.75) is 32.8 Å². The molecule has 0 atom stereocenters. The van der Waals surface area contributed by atoms with E-state index >= 15 is 0 Å². The zero-order valence-electron chi connectivity index (χ0n) is 13.5. The van der Waals surface area contributed by atoms with Crippen LogP contribution in [0.2, 0.25) is 0 Å². The molecule has 7 heteroatoms. The van der Waals surface area contributed by atoms with Gasteiger partial charge in [0.25, 0.3) is 0 Å². The van der Waals surface area contributed by atoms with Crippen molar-refractivity contribution in [1.82, 2.24) is 15.1 Å². The normalized spacial score (nSPS) is 10.4. The quantitative estimate of drug-likeness (QED) is 0.519. The highest BCUT2D eigenvalue weighted by molar-refractivity contribution is 5.90. The number of carbonyl (C=O) groups excluding carboxylic acids is 2. The maximum atomic E-state index is 11.6. The smallest absolute Gasteiger partial charge is 0.407 e. The summed E-state index contributed by atoms with van der Waals surface area (Å²) < 4.78 is 11.2. The van der Waals surface area contributed by atoms with E-state index < -0.39 is 17.7 Å². The van der Waals surface area contributed by atoms with Crippen molar-refractivity contribution in [1.29, 1.82) is 0 Å². The van der Waals surface area contributed by atoms with E-state index in [0.717, 1.165) is 0 Å². The number of hydrogen-bond donors (Lipinski definition) is 1. The van der Waals surface area contributed by atoms with Crippen LogP contribution in [0.4, 0.5) is 4.79 Å². The molecule has 1 aromatic heterocycles. The first-order valence-electron chi connectivity index (χ1n) is 6.80. The molecule has 1 aromatic rings. The number of nitrogens with one attached hydrogen (secondary N) is 1. The lowest BCUT2D eigenvalue weighted by molar-refractivity contribution is 0.0527. The molecule has 0 radical (unpaired) electrons. The van der Waals surface area contributed by atoms with Gasteiger partial charge in [0.05, 0.1) is 18.9 Å². The number of esters is 1. The number of carbonyl (C=O) groups is 2. The summed E-state index contributed by atoms with van der Waals surface area (Å²) in [5, 5.41) is 6.58. The number of amides is 1. The Morgan fingerprint density at radius 2 is 2.09 bits per heavy atom. The molecule has 1 amide bonds. The predicted octanol–water partition coefficient (Wildman–Crippen LogP) is 1.47. The molecule has 120 valence electrons.